The van der Waals surface area contributed by atoms with Gasteiger partial charge in [0, 0.05) is 17.8 Å². The number of halogens is 3. The molecule has 1 saturated carbocycles. The maximum atomic E-state index is 6.02. The Kier molecular flexibility index (Phi) is 2.89. The van der Waals surface area contributed by atoms with Crippen molar-refractivity contribution in [2.24, 2.45) is 11.7 Å². The molecule has 0 aliphatic heterocycles. The first-order valence-electron chi connectivity index (χ1n) is 4.36. The minimum Gasteiger partial charge on any atom is -0.324 e. The van der Waals surface area contributed by atoms with Gasteiger partial charge in [-0.15, -0.1) is 0 Å². The van der Waals surface area contributed by atoms with Gasteiger partial charge in [-0.3, -0.25) is 0 Å². The third-order valence-corrected chi connectivity index (χ3v) is 3.50. The minimum absolute atomic E-state index is 0.115. The molecule has 0 saturated heterocycles. The highest BCUT2D eigenvalue weighted by atomic mass is 35.5. The van der Waals surface area contributed by atoms with Crippen molar-refractivity contribution in [2.45, 2.75) is 18.9 Å². The van der Waals surface area contributed by atoms with Gasteiger partial charge in [-0.25, -0.2) is 4.98 Å². The number of rotatable bonds is 2. The largest absolute Gasteiger partial charge is 0.324 e. The normalized spacial score (nSPS) is 18.3. The van der Waals surface area contributed by atoms with Gasteiger partial charge in [-0.05, 0) is 18.8 Å². The van der Waals surface area contributed by atoms with Gasteiger partial charge in [0.15, 0.2) is 0 Å². The molecule has 14 heavy (non-hydrogen) atoms. The minimum atomic E-state index is -0.115. The molecule has 5 heteroatoms. The van der Waals surface area contributed by atoms with Crippen LogP contribution >= 0.6 is 34.8 Å². The standard InChI is InChI=1S/C9H9Cl3N2/c10-5-3-14-9(12)7(11)6(5)8(13)4-1-2-4/h3-4,8H,1-2,13H2/t8-/m0/s1. The molecule has 1 fully saturated rings. The Morgan fingerprint density at radius 2 is 2.00 bits per heavy atom. The van der Waals surface area contributed by atoms with Gasteiger partial charge < -0.3 is 5.73 Å². The van der Waals surface area contributed by atoms with Gasteiger partial charge in [-0.2, -0.15) is 0 Å². The molecule has 0 unspecified atom stereocenters. The van der Waals surface area contributed by atoms with Crippen LogP contribution in [-0.2, 0) is 0 Å². The molecule has 2 N–H and O–H groups in total. The average molecular weight is 252 g/mol. The molecule has 2 nitrogen and oxygen atoms in total. The van der Waals surface area contributed by atoms with Crippen LogP contribution in [0.25, 0.3) is 0 Å². The van der Waals surface area contributed by atoms with E-state index in [-0.39, 0.29) is 11.2 Å². The summed E-state index contributed by atoms with van der Waals surface area (Å²) in [4.78, 5) is 3.85. The van der Waals surface area contributed by atoms with Crippen molar-refractivity contribution in [2.75, 3.05) is 0 Å². The van der Waals surface area contributed by atoms with Crippen LogP contribution in [0.1, 0.15) is 24.4 Å². The second-order valence-electron chi connectivity index (χ2n) is 3.49. The zero-order valence-electron chi connectivity index (χ0n) is 7.30. The quantitative estimate of drug-likeness (QED) is 0.818. The Hall–Kier alpha value is -0.0200. The van der Waals surface area contributed by atoms with Crippen LogP contribution in [0.15, 0.2) is 6.20 Å². The lowest BCUT2D eigenvalue weighted by molar-refractivity contribution is 0.633. The first kappa shape index (κ1) is 10.5. The summed E-state index contributed by atoms with van der Waals surface area (Å²) in [5.74, 6) is 0.489. The fourth-order valence-corrected chi connectivity index (χ4v) is 2.20. The van der Waals surface area contributed by atoms with E-state index < -0.39 is 0 Å². The van der Waals surface area contributed by atoms with E-state index in [9.17, 15) is 0 Å². The van der Waals surface area contributed by atoms with Gasteiger partial charge in [-0.1, -0.05) is 34.8 Å². The third-order valence-electron chi connectivity index (χ3n) is 2.43. The molecule has 2 rings (SSSR count). The van der Waals surface area contributed by atoms with Crippen molar-refractivity contribution in [1.82, 2.24) is 4.98 Å². The molecule has 0 aromatic carbocycles. The summed E-state index contributed by atoms with van der Waals surface area (Å²) in [5.41, 5.74) is 6.75. The van der Waals surface area contributed by atoms with Crippen LogP contribution in [-0.4, -0.2) is 4.98 Å². The Balaban J connectivity index is 2.43. The molecular weight excluding hydrogens is 242 g/mol. The van der Waals surface area contributed by atoms with Crippen LogP contribution in [0, 0.1) is 5.92 Å². The highest BCUT2D eigenvalue weighted by Crippen LogP contribution is 2.44. The summed E-state index contributed by atoms with van der Waals surface area (Å²) >= 11 is 17.8. The molecule has 0 bridgehead atoms. The van der Waals surface area contributed by atoms with Crippen LogP contribution in [0.5, 0.6) is 0 Å². The summed E-state index contributed by atoms with van der Waals surface area (Å²) in [6.07, 6.45) is 3.76. The molecule has 0 spiro atoms. The number of nitrogens with zero attached hydrogens (tertiary/aromatic N) is 1. The Morgan fingerprint density at radius 1 is 1.36 bits per heavy atom. The highest BCUT2D eigenvalue weighted by molar-refractivity contribution is 6.43. The predicted molar refractivity (Wildman–Crippen MR) is 58.9 cm³/mol. The molecule has 76 valence electrons. The van der Waals surface area contributed by atoms with Crippen LogP contribution in [0.4, 0.5) is 0 Å². The topological polar surface area (TPSA) is 38.9 Å². The fraction of sp³-hybridized carbons (Fsp3) is 0.444. The maximum absolute atomic E-state index is 6.02. The summed E-state index contributed by atoms with van der Waals surface area (Å²) < 4.78 is 0. The smallest absolute Gasteiger partial charge is 0.148 e. The molecule has 1 aromatic rings. The summed E-state index contributed by atoms with van der Waals surface area (Å²) in [6, 6.07) is -0.115. The van der Waals surface area contributed by atoms with Crippen molar-refractivity contribution in [3.63, 3.8) is 0 Å². The fourth-order valence-electron chi connectivity index (χ4n) is 1.45. The third kappa shape index (κ3) is 1.84. The lowest BCUT2D eigenvalue weighted by Crippen LogP contribution is -2.14. The zero-order valence-corrected chi connectivity index (χ0v) is 9.57. The number of nitrogens with two attached hydrogens (primary N) is 1. The second kappa shape index (κ2) is 3.86. The summed E-state index contributed by atoms with van der Waals surface area (Å²) in [6.45, 7) is 0. The van der Waals surface area contributed by atoms with Crippen LogP contribution < -0.4 is 5.73 Å². The molecule has 1 aliphatic carbocycles. The Labute approximate surface area is 97.4 Å². The molecule has 0 amide bonds. The van der Waals surface area contributed by atoms with E-state index in [1.807, 2.05) is 0 Å². The molecule has 1 heterocycles. The van der Waals surface area contributed by atoms with E-state index in [1.54, 1.807) is 0 Å². The van der Waals surface area contributed by atoms with Crippen LogP contribution in [0.3, 0.4) is 0 Å². The van der Waals surface area contributed by atoms with Gasteiger partial charge in [0.1, 0.15) is 5.15 Å². The van der Waals surface area contributed by atoms with Crippen molar-refractivity contribution < 1.29 is 0 Å². The van der Waals surface area contributed by atoms with E-state index in [0.717, 1.165) is 18.4 Å². The lowest BCUT2D eigenvalue weighted by Gasteiger charge is -2.14. The van der Waals surface area contributed by atoms with Gasteiger partial charge in [0.25, 0.3) is 0 Å². The van der Waals surface area contributed by atoms with E-state index in [1.165, 1.54) is 6.20 Å². The van der Waals surface area contributed by atoms with Crippen LogP contribution in [0.2, 0.25) is 15.2 Å². The van der Waals surface area contributed by atoms with Gasteiger partial charge in [0.05, 0.1) is 10.0 Å². The van der Waals surface area contributed by atoms with Gasteiger partial charge in [0.2, 0.25) is 0 Å². The van der Waals surface area contributed by atoms with Crippen molar-refractivity contribution in [3.05, 3.63) is 27.0 Å². The van der Waals surface area contributed by atoms with E-state index in [0.29, 0.717) is 16.0 Å². The lowest BCUT2D eigenvalue weighted by atomic mass is 10.1. The molecule has 1 aliphatic rings. The van der Waals surface area contributed by atoms with Crippen molar-refractivity contribution in [3.8, 4) is 0 Å². The molecule has 1 atom stereocenters. The molecule has 1 aromatic heterocycles. The first-order chi connectivity index (χ1) is 6.61. The number of hydrogen-bond acceptors (Lipinski definition) is 2. The maximum Gasteiger partial charge on any atom is 0.148 e. The predicted octanol–water partition coefficient (Wildman–Crippen LogP) is 3.45. The van der Waals surface area contributed by atoms with E-state index in [2.05, 4.69) is 4.98 Å². The van der Waals surface area contributed by atoms with E-state index >= 15 is 0 Å². The monoisotopic (exact) mass is 250 g/mol. The van der Waals surface area contributed by atoms with Crippen molar-refractivity contribution >= 4 is 34.8 Å². The van der Waals surface area contributed by atoms with Crippen molar-refractivity contribution in [1.29, 1.82) is 0 Å². The second-order valence-corrected chi connectivity index (χ2v) is 4.63. The number of hydrogen-bond donors (Lipinski definition) is 1. The Bertz CT molecular complexity index is 363. The SMILES string of the molecule is N[C@H](c1c(Cl)cnc(Cl)c1Cl)C1CC1. The van der Waals surface area contributed by atoms with E-state index in [4.69, 9.17) is 40.5 Å². The summed E-state index contributed by atoms with van der Waals surface area (Å²) in [7, 11) is 0. The number of pyridine rings is 1. The molecule has 0 radical (unpaired) electrons. The molecular formula is C9H9Cl3N2. The average Bonchev–Trinajstić information content (AvgIpc) is 2.95. The Morgan fingerprint density at radius 3 is 2.57 bits per heavy atom. The first-order valence-corrected chi connectivity index (χ1v) is 5.49. The number of aromatic nitrogens is 1. The highest BCUT2D eigenvalue weighted by Gasteiger charge is 2.32. The summed E-state index contributed by atoms with van der Waals surface area (Å²) in [5, 5.41) is 1.15. The van der Waals surface area contributed by atoms with Gasteiger partial charge >= 0.3 is 0 Å². The zero-order chi connectivity index (χ0) is 10.3.